The van der Waals surface area contributed by atoms with Gasteiger partial charge in [-0.15, -0.1) is 0 Å². The number of phenolic OH excluding ortho intramolecular Hbond substituents is 1. The van der Waals surface area contributed by atoms with Gasteiger partial charge in [0, 0.05) is 11.1 Å². The van der Waals surface area contributed by atoms with Crippen LogP contribution in [0.5, 0.6) is 17.2 Å². The molecule has 0 radical (unpaired) electrons. The molecule has 1 heterocycles. The molecule has 0 saturated heterocycles. The van der Waals surface area contributed by atoms with Gasteiger partial charge in [-0.2, -0.15) is 0 Å². The lowest BCUT2D eigenvalue weighted by Gasteiger charge is -2.18. The SMILES string of the molecule is COc1cc(/C=C2/C(=O)NC(=O)c3ccccc32)cc(OC)c1O. The van der Waals surface area contributed by atoms with Crippen molar-refractivity contribution in [2.24, 2.45) is 0 Å². The van der Waals surface area contributed by atoms with Crippen LogP contribution in [0.4, 0.5) is 0 Å². The molecule has 6 nitrogen and oxygen atoms in total. The van der Waals surface area contributed by atoms with Crippen LogP contribution in [-0.4, -0.2) is 31.1 Å². The molecule has 2 aromatic rings. The molecule has 0 unspecified atom stereocenters. The maximum Gasteiger partial charge on any atom is 0.258 e. The number of benzene rings is 2. The van der Waals surface area contributed by atoms with E-state index in [1.807, 2.05) is 0 Å². The third-order valence-electron chi connectivity index (χ3n) is 3.75. The van der Waals surface area contributed by atoms with Crippen LogP contribution in [-0.2, 0) is 4.79 Å². The molecule has 0 spiro atoms. The number of hydrogen-bond acceptors (Lipinski definition) is 5. The second-order valence-corrected chi connectivity index (χ2v) is 5.16. The zero-order valence-corrected chi connectivity index (χ0v) is 13.1. The molecule has 2 amide bonds. The molecule has 0 aromatic heterocycles. The molecule has 122 valence electrons. The van der Waals surface area contributed by atoms with E-state index in [9.17, 15) is 14.7 Å². The third kappa shape index (κ3) is 2.58. The van der Waals surface area contributed by atoms with Crippen molar-refractivity contribution in [2.75, 3.05) is 14.2 Å². The second kappa shape index (κ2) is 6.08. The average molecular weight is 325 g/mol. The highest BCUT2D eigenvalue weighted by Gasteiger charge is 2.26. The summed E-state index contributed by atoms with van der Waals surface area (Å²) in [6, 6.07) is 10.0. The van der Waals surface area contributed by atoms with E-state index in [4.69, 9.17) is 9.47 Å². The molecule has 2 aromatic carbocycles. The highest BCUT2D eigenvalue weighted by atomic mass is 16.5. The van der Waals surface area contributed by atoms with Gasteiger partial charge < -0.3 is 14.6 Å². The number of fused-ring (bicyclic) bond motifs is 1. The molecule has 1 aliphatic heterocycles. The fourth-order valence-electron chi connectivity index (χ4n) is 2.58. The van der Waals surface area contributed by atoms with Gasteiger partial charge in [-0.05, 0) is 35.4 Å². The first-order chi connectivity index (χ1) is 11.5. The Bertz CT molecular complexity index is 844. The molecule has 0 atom stereocenters. The second-order valence-electron chi connectivity index (χ2n) is 5.16. The molecular weight excluding hydrogens is 310 g/mol. The lowest BCUT2D eigenvalue weighted by Crippen LogP contribution is -2.36. The van der Waals surface area contributed by atoms with Crippen molar-refractivity contribution in [3.63, 3.8) is 0 Å². The molecule has 2 N–H and O–H groups in total. The van der Waals surface area contributed by atoms with Crippen LogP contribution in [0.3, 0.4) is 0 Å². The van der Waals surface area contributed by atoms with Crippen LogP contribution >= 0.6 is 0 Å². The zero-order valence-electron chi connectivity index (χ0n) is 13.1. The van der Waals surface area contributed by atoms with Gasteiger partial charge in [-0.25, -0.2) is 0 Å². The minimum Gasteiger partial charge on any atom is -0.502 e. The number of aromatic hydroxyl groups is 1. The Labute approximate surface area is 138 Å². The summed E-state index contributed by atoms with van der Waals surface area (Å²) in [6.45, 7) is 0. The van der Waals surface area contributed by atoms with E-state index in [0.29, 0.717) is 22.3 Å². The summed E-state index contributed by atoms with van der Waals surface area (Å²) in [5.41, 5.74) is 1.93. The number of rotatable bonds is 3. The molecule has 0 bridgehead atoms. The Hall–Kier alpha value is -3.28. The van der Waals surface area contributed by atoms with Crippen LogP contribution in [0, 0.1) is 0 Å². The first-order valence-corrected chi connectivity index (χ1v) is 7.17. The maximum absolute atomic E-state index is 12.2. The topological polar surface area (TPSA) is 84.9 Å². The molecule has 6 heteroatoms. The van der Waals surface area contributed by atoms with Crippen LogP contribution in [0.1, 0.15) is 21.5 Å². The standard InChI is InChI=1S/C18H15NO5/c1-23-14-8-10(9-15(24-2)16(14)20)7-13-11-5-3-4-6-12(11)17(21)19-18(13)22/h3-9,20H,1-2H3,(H,19,21,22)/b13-7+. The summed E-state index contributed by atoms with van der Waals surface area (Å²) in [7, 11) is 2.85. The van der Waals surface area contributed by atoms with Gasteiger partial charge in [0.2, 0.25) is 5.75 Å². The van der Waals surface area contributed by atoms with Crippen LogP contribution < -0.4 is 14.8 Å². The van der Waals surface area contributed by atoms with Crippen LogP contribution in [0.2, 0.25) is 0 Å². The summed E-state index contributed by atoms with van der Waals surface area (Å²) < 4.78 is 10.2. The largest absolute Gasteiger partial charge is 0.502 e. The molecule has 0 fully saturated rings. The number of carbonyl (C=O) groups excluding carboxylic acids is 2. The van der Waals surface area contributed by atoms with Crippen molar-refractivity contribution in [1.82, 2.24) is 5.32 Å². The molecule has 1 aliphatic rings. The van der Waals surface area contributed by atoms with Gasteiger partial charge in [-0.1, -0.05) is 18.2 Å². The molecule has 3 rings (SSSR count). The van der Waals surface area contributed by atoms with Gasteiger partial charge >= 0.3 is 0 Å². The minimum atomic E-state index is -0.482. The number of amides is 2. The summed E-state index contributed by atoms with van der Waals surface area (Å²) in [5, 5.41) is 12.3. The molecule has 24 heavy (non-hydrogen) atoms. The van der Waals surface area contributed by atoms with E-state index < -0.39 is 11.8 Å². The first kappa shape index (κ1) is 15.6. The fraction of sp³-hybridized carbons (Fsp3) is 0.111. The van der Waals surface area contributed by atoms with Gasteiger partial charge in [-0.3, -0.25) is 14.9 Å². The van der Waals surface area contributed by atoms with E-state index in [1.165, 1.54) is 14.2 Å². The lowest BCUT2D eigenvalue weighted by molar-refractivity contribution is -0.114. The lowest BCUT2D eigenvalue weighted by atomic mass is 9.93. The number of ether oxygens (including phenoxy) is 2. The van der Waals surface area contributed by atoms with E-state index in [2.05, 4.69) is 5.32 Å². The number of hydrogen-bond donors (Lipinski definition) is 2. The number of methoxy groups -OCH3 is 2. The zero-order chi connectivity index (χ0) is 17.3. The average Bonchev–Trinajstić information content (AvgIpc) is 2.59. The predicted octanol–water partition coefficient (Wildman–Crippen LogP) is 2.22. The van der Waals surface area contributed by atoms with Gasteiger partial charge in [0.15, 0.2) is 11.5 Å². The van der Waals surface area contributed by atoms with Gasteiger partial charge in [0.1, 0.15) is 0 Å². The number of nitrogens with one attached hydrogen (secondary N) is 1. The number of phenols is 1. The van der Waals surface area contributed by atoms with Gasteiger partial charge in [0.25, 0.3) is 11.8 Å². The number of imide groups is 1. The smallest absolute Gasteiger partial charge is 0.258 e. The van der Waals surface area contributed by atoms with Crippen LogP contribution in [0.15, 0.2) is 36.4 Å². The van der Waals surface area contributed by atoms with Crippen molar-refractivity contribution in [2.45, 2.75) is 0 Å². The third-order valence-corrected chi connectivity index (χ3v) is 3.75. The van der Waals surface area contributed by atoms with Crippen molar-refractivity contribution < 1.29 is 24.2 Å². The summed E-state index contributed by atoms with van der Waals surface area (Å²) in [4.78, 5) is 24.1. The molecular formula is C18H15NO5. The summed E-state index contributed by atoms with van der Waals surface area (Å²) in [5.74, 6) is -0.576. The summed E-state index contributed by atoms with van der Waals surface area (Å²) in [6.07, 6.45) is 1.62. The predicted molar refractivity (Wildman–Crippen MR) is 88.0 cm³/mol. The fourth-order valence-corrected chi connectivity index (χ4v) is 2.58. The Morgan fingerprint density at radius 1 is 0.958 bits per heavy atom. The van der Waals surface area contributed by atoms with Crippen molar-refractivity contribution in [1.29, 1.82) is 0 Å². The van der Waals surface area contributed by atoms with Crippen LogP contribution in [0.25, 0.3) is 11.6 Å². The monoisotopic (exact) mass is 325 g/mol. The van der Waals surface area contributed by atoms with E-state index >= 15 is 0 Å². The van der Waals surface area contributed by atoms with Crippen molar-refractivity contribution in [3.05, 3.63) is 53.1 Å². The normalized spacial score (nSPS) is 15.0. The quantitative estimate of drug-likeness (QED) is 0.668. The molecule has 0 aliphatic carbocycles. The first-order valence-electron chi connectivity index (χ1n) is 7.17. The van der Waals surface area contributed by atoms with Gasteiger partial charge in [0.05, 0.1) is 14.2 Å². The van der Waals surface area contributed by atoms with E-state index in [-0.39, 0.29) is 17.2 Å². The van der Waals surface area contributed by atoms with E-state index in [1.54, 1.807) is 42.5 Å². The van der Waals surface area contributed by atoms with Crippen molar-refractivity contribution >= 4 is 23.5 Å². The Kier molecular flexibility index (Phi) is 3.95. The Morgan fingerprint density at radius 3 is 2.12 bits per heavy atom. The maximum atomic E-state index is 12.2. The van der Waals surface area contributed by atoms with E-state index in [0.717, 1.165) is 0 Å². The van der Waals surface area contributed by atoms with Crippen molar-refractivity contribution in [3.8, 4) is 17.2 Å². The minimum absolute atomic E-state index is 0.120. The molecule has 0 saturated carbocycles. The Balaban J connectivity index is 2.16. The Morgan fingerprint density at radius 2 is 1.54 bits per heavy atom. The highest BCUT2D eigenvalue weighted by molar-refractivity contribution is 6.33. The number of carbonyl (C=O) groups is 2. The highest BCUT2D eigenvalue weighted by Crippen LogP contribution is 2.38. The summed E-state index contributed by atoms with van der Waals surface area (Å²) >= 11 is 0.